The number of pyridine rings is 1. The van der Waals surface area contributed by atoms with Gasteiger partial charge in [-0.15, -0.1) is 10.2 Å². The van der Waals surface area contributed by atoms with Crippen LogP contribution in [-0.4, -0.2) is 30.5 Å². The van der Waals surface area contributed by atoms with E-state index in [9.17, 15) is 4.39 Å². The fraction of sp³-hybridized carbons (Fsp3) is 0.0870. The van der Waals surface area contributed by atoms with E-state index < -0.39 is 0 Å². The van der Waals surface area contributed by atoms with Crippen molar-refractivity contribution >= 4 is 22.7 Å². The van der Waals surface area contributed by atoms with E-state index >= 15 is 0 Å². The Labute approximate surface area is 177 Å². The van der Waals surface area contributed by atoms with Crippen molar-refractivity contribution in [3.8, 4) is 17.1 Å². The normalized spacial score (nSPS) is 11.2. The highest BCUT2D eigenvalue weighted by atomic mass is 32.2. The number of hydrogen-bond acceptors (Lipinski definition) is 4. The van der Waals surface area contributed by atoms with Crippen LogP contribution in [0.25, 0.3) is 28.0 Å². The lowest BCUT2D eigenvalue weighted by atomic mass is 10.1. The second kappa shape index (κ2) is 8.12. The maximum absolute atomic E-state index is 14.6. The van der Waals surface area contributed by atoms with Crippen molar-refractivity contribution in [2.24, 2.45) is 0 Å². The van der Waals surface area contributed by atoms with Crippen molar-refractivity contribution in [2.75, 3.05) is 5.75 Å². The number of aryl methyl sites for hydroxylation is 1. The molecule has 148 valence electrons. The Morgan fingerprint density at radius 1 is 0.933 bits per heavy atom. The summed E-state index contributed by atoms with van der Waals surface area (Å²) >= 11 is 1.57. The highest BCUT2D eigenvalue weighted by Gasteiger charge is 2.18. The summed E-state index contributed by atoms with van der Waals surface area (Å²) in [6.45, 7) is 0. The van der Waals surface area contributed by atoms with Gasteiger partial charge in [-0.3, -0.25) is 9.55 Å². The van der Waals surface area contributed by atoms with Gasteiger partial charge in [-0.1, -0.05) is 42.1 Å². The highest BCUT2D eigenvalue weighted by molar-refractivity contribution is 7.99. The molecule has 1 N–H and O–H groups in total. The molecular formula is C23H18FN5S. The quantitative estimate of drug-likeness (QED) is 0.383. The summed E-state index contributed by atoms with van der Waals surface area (Å²) in [5.41, 5.74) is 3.66. The molecule has 0 amide bonds. The number of hydrogen-bond donors (Lipinski definition) is 1. The Kier molecular flexibility index (Phi) is 5.03. The molecule has 30 heavy (non-hydrogen) atoms. The fourth-order valence-corrected chi connectivity index (χ4v) is 4.41. The Balaban J connectivity index is 1.46. The third kappa shape index (κ3) is 3.48. The van der Waals surface area contributed by atoms with E-state index in [2.05, 4.69) is 38.5 Å². The van der Waals surface area contributed by atoms with Crippen LogP contribution in [0.15, 0.2) is 84.4 Å². The lowest BCUT2D eigenvalue weighted by Gasteiger charge is -2.11. The topological polar surface area (TPSA) is 59.4 Å². The highest BCUT2D eigenvalue weighted by Crippen LogP contribution is 2.30. The molecular weight excluding hydrogens is 397 g/mol. The van der Waals surface area contributed by atoms with Gasteiger partial charge in [0.15, 0.2) is 11.0 Å². The van der Waals surface area contributed by atoms with Gasteiger partial charge in [0, 0.05) is 40.8 Å². The number of para-hydroxylation sites is 2. The van der Waals surface area contributed by atoms with Gasteiger partial charge in [-0.25, -0.2) is 4.39 Å². The maximum Gasteiger partial charge on any atom is 0.196 e. The lowest BCUT2D eigenvalue weighted by molar-refractivity contribution is 0.613. The SMILES string of the molecule is Fc1ccccc1-n1c(SCCc2c[nH]c3ccccc23)nnc1-c1ccncc1. The summed E-state index contributed by atoms with van der Waals surface area (Å²) < 4.78 is 16.4. The minimum absolute atomic E-state index is 0.314. The summed E-state index contributed by atoms with van der Waals surface area (Å²) in [7, 11) is 0. The predicted octanol–water partition coefficient (Wildman–Crippen LogP) is 5.28. The minimum Gasteiger partial charge on any atom is -0.361 e. The molecule has 5 nitrogen and oxygen atoms in total. The smallest absolute Gasteiger partial charge is 0.196 e. The number of thioether (sulfide) groups is 1. The molecule has 3 heterocycles. The van der Waals surface area contributed by atoms with Gasteiger partial charge in [0.1, 0.15) is 5.82 Å². The zero-order valence-corrected chi connectivity index (χ0v) is 16.8. The molecule has 0 saturated heterocycles. The van der Waals surface area contributed by atoms with E-state index in [0.29, 0.717) is 16.7 Å². The Hall–Kier alpha value is -3.45. The third-order valence-electron chi connectivity index (χ3n) is 4.94. The summed E-state index contributed by atoms with van der Waals surface area (Å²) in [5.74, 6) is 1.08. The summed E-state index contributed by atoms with van der Waals surface area (Å²) in [5, 5.41) is 10.6. The van der Waals surface area contributed by atoms with Gasteiger partial charge >= 0.3 is 0 Å². The maximum atomic E-state index is 14.6. The lowest BCUT2D eigenvalue weighted by Crippen LogP contribution is -2.03. The van der Waals surface area contributed by atoms with Crippen molar-refractivity contribution in [1.29, 1.82) is 0 Å². The van der Waals surface area contributed by atoms with Crippen LogP contribution in [0, 0.1) is 5.82 Å². The van der Waals surface area contributed by atoms with Gasteiger partial charge in [0.05, 0.1) is 5.69 Å². The molecule has 0 atom stereocenters. The first-order chi connectivity index (χ1) is 14.8. The number of rotatable bonds is 6. The molecule has 0 fully saturated rings. The van der Waals surface area contributed by atoms with Crippen molar-refractivity contribution in [1.82, 2.24) is 24.7 Å². The first-order valence-corrected chi connectivity index (χ1v) is 10.6. The van der Waals surface area contributed by atoms with Crippen molar-refractivity contribution < 1.29 is 4.39 Å². The number of fused-ring (bicyclic) bond motifs is 1. The van der Waals surface area contributed by atoms with Crippen LogP contribution in [0.1, 0.15) is 5.56 Å². The molecule has 0 bridgehead atoms. The number of halogens is 1. The second-order valence-corrected chi connectivity index (χ2v) is 7.85. The molecule has 0 unspecified atom stereocenters. The molecule has 0 aliphatic rings. The first-order valence-electron chi connectivity index (χ1n) is 9.60. The van der Waals surface area contributed by atoms with E-state index in [4.69, 9.17) is 0 Å². The average Bonchev–Trinajstić information content (AvgIpc) is 3.39. The Bertz CT molecular complexity index is 1300. The second-order valence-electron chi connectivity index (χ2n) is 6.79. The van der Waals surface area contributed by atoms with Gasteiger partial charge in [0.2, 0.25) is 0 Å². The van der Waals surface area contributed by atoms with Crippen molar-refractivity contribution in [3.05, 3.63) is 90.6 Å². The summed E-state index contributed by atoms with van der Waals surface area (Å²) in [6, 6.07) is 18.6. The van der Waals surface area contributed by atoms with E-state index in [-0.39, 0.29) is 5.82 Å². The standard InChI is InChI=1S/C23H18FN5S/c24-19-6-2-4-8-21(19)29-22(16-9-12-25-13-10-16)27-28-23(29)30-14-11-17-15-26-20-7-3-1-5-18(17)20/h1-10,12-13,15,26H,11,14H2. The van der Waals surface area contributed by atoms with Gasteiger partial charge in [-0.2, -0.15) is 0 Å². The number of nitrogens with one attached hydrogen (secondary N) is 1. The molecule has 7 heteroatoms. The van der Waals surface area contributed by atoms with E-state index in [1.165, 1.54) is 17.0 Å². The average molecular weight is 415 g/mol. The third-order valence-corrected chi connectivity index (χ3v) is 5.87. The van der Waals surface area contributed by atoms with Gasteiger partial charge in [-0.05, 0) is 42.3 Å². The number of aromatic nitrogens is 5. The molecule has 5 aromatic rings. The zero-order valence-electron chi connectivity index (χ0n) is 16.0. The van der Waals surface area contributed by atoms with Crippen molar-refractivity contribution in [2.45, 2.75) is 11.6 Å². The molecule has 0 radical (unpaired) electrons. The molecule has 3 aromatic heterocycles. The van der Waals surface area contributed by atoms with Crippen LogP contribution in [0.4, 0.5) is 4.39 Å². The largest absolute Gasteiger partial charge is 0.361 e. The molecule has 0 aliphatic carbocycles. The van der Waals surface area contributed by atoms with Crippen LogP contribution in [0.3, 0.4) is 0 Å². The molecule has 0 aliphatic heterocycles. The number of benzene rings is 2. The van der Waals surface area contributed by atoms with Gasteiger partial charge in [0.25, 0.3) is 0 Å². The molecule has 0 saturated carbocycles. The van der Waals surface area contributed by atoms with E-state index in [1.54, 1.807) is 40.9 Å². The van der Waals surface area contributed by atoms with Crippen LogP contribution in [-0.2, 0) is 6.42 Å². The number of aromatic amines is 1. The Morgan fingerprint density at radius 3 is 2.60 bits per heavy atom. The fourth-order valence-electron chi connectivity index (χ4n) is 3.49. The monoisotopic (exact) mass is 415 g/mol. The van der Waals surface area contributed by atoms with E-state index in [0.717, 1.165) is 23.3 Å². The van der Waals surface area contributed by atoms with Gasteiger partial charge < -0.3 is 4.98 Å². The van der Waals surface area contributed by atoms with Crippen molar-refractivity contribution in [3.63, 3.8) is 0 Å². The number of H-pyrrole nitrogens is 1. The predicted molar refractivity (Wildman–Crippen MR) is 117 cm³/mol. The van der Waals surface area contributed by atoms with Crippen LogP contribution in [0.2, 0.25) is 0 Å². The Morgan fingerprint density at radius 2 is 1.73 bits per heavy atom. The van der Waals surface area contributed by atoms with E-state index in [1.807, 2.05) is 30.3 Å². The summed E-state index contributed by atoms with van der Waals surface area (Å²) in [6.07, 6.45) is 6.30. The van der Waals surface area contributed by atoms with Crippen LogP contribution in [0.5, 0.6) is 0 Å². The van der Waals surface area contributed by atoms with Crippen LogP contribution < -0.4 is 0 Å². The van der Waals surface area contributed by atoms with Crippen LogP contribution >= 0.6 is 11.8 Å². The molecule has 2 aromatic carbocycles. The minimum atomic E-state index is -0.314. The first kappa shape index (κ1) is 18.6. The molecule has 0 spiro atoms. The zero-order chi connectivity index (χ0) is 20.3. The summed E-state index contributed by atoms with van der Waals surface area (Å²) in [4.78, 5) is 7.37. The number of nitrogens with zero attached hydrogens (tertiary/aromatic N) is 4. The molecule has 5 rings (SSSR count).